The number of anilines is 1. The predicted octanol–water partition coefficient (Wildman–Crippen LogP) is 3.64. The number of hydrogen-bond acceptors (Lipinski definition) is 1. The van der Waals surface area contributed by atoms with Crippen molar-refractivity contribution >= 4 is 21.6 Å². The van der Waals surface area contributed by atoms with E-state index < -0.39 is 0 Å². The third-order valence-electron chi connectivity index (χ3n) is 2.12. The standard InChI is InChI=1S/C11H16BrN/c1-8(2)9-5-6-10(12)11(7-9)13(3)4/h5-8H,1-4H3. The molecule has 0 heterocycles. The molecule has 0 fully saturated rings. The molecule has 0 aliphatic rings. The van der Waals surface area contributed by atoms with Crippen molar-refractivity contribution in [3.8, 4) is 0 Å². The topological polar surface area (TPSA) is 3.24 Å². The molecule has 0 atom stereocenters. The van der Waals surface area contributed by atoms with Gasteiger partial charge in [-0.05, 0) is 39.5 Å². The highest BCUT2D eigenvalue weighted by Crippen LogP contribution is 2.28. The molecule has 2 heteroatoms. The van der Waals surface area contributed by atoms with Gasteiger partial charge in [-0.25, -0.2) is 0 Å². The van der Waals surface area contributed by atoms with E-state index in [1.165, 1.54) is 11.3 Å². The molecule has 0 saturated heterocycles. The zero-order chi connectivity index (χ0) is 10.0. The van der Waals surface area contributed by atoms with Gasteiger partial charge in [-0.15, -0.1) is 0 Å². The Morgan fingerprint density at radius 3 is 2.31 bits per heavy atom. The van der Waals surface area contributed by atoms with E-state index in [1.54, 1.807) is 0 Å². The number of rotatable bonds is 2. The van der Waals surface area contributed by atoms with Crippen molar-refractivity contribution in [2.75, 3.05) is 19.0 Å². The Kier molecular flexibility index (Phi) is 3.37. The lowest BCUT2D eigenvalue weighted by Gasteiger charge is -2.17. The monoisotopic (exact) mass is 241 g/mol. The van der Waals surface area contributed by atoms with Crippen molar-refractivity contribution in [2.45, 2.75) is 19.8 Å². The molecule has 0 aliphatic heterocycles. The van der Waals surface area contributed by atoms with E-state index in [0.29, 0.717) is 5.92 Å². The van der Waals surface area contributed by atoms with Gasteiger partial charge in [0.1, 0.15) is 0 Å². The zero-order valence-corrected chi connectivity index (χ0v) is 10.2. The molecule has 0 radical (unpaired) electrons. The summed E-state index contributed by atoms with van der Waals surface area (Å²) in [5.41, 5.74) is 2.62. The molecule has 1 nitrogen and oxygen atoms in total. The van der Waals surface area contributed by atoms with E-state index in [4.69, 9.17) is 0 Å². The summed E-state index contributed by atoms with van der Waals surface area (Å²) in [6.07, 6.45) is 0. The second kappa shape index (κ2) is 4.14. The van der Waals surface area contributed by atoms with Gasteiger partial charge in [-0.2, -0.15) is 0 Å². The van der Waals surface area contributed by atoms with Gasteiger partial charge < -0.3 is 4.90 Å². The van der Waals surface area contributed by atoms with Gasteiger partial charge in [0.15, 0.2) is 0 Å². The molecule has 0 aromatic heterocycles. The van der Waals surface area contributed by atoms with E-state index >= 15 is 0 Å². The van der Waals surface area contributed by atoms with Crippen molar-refractivity contribution in [1.82, 2.24) is 0 Å². The summed E-state index contributed by atoms with van der Waals surface area (Å²) >= 11 is 3.54. The van der Waals surface area contributed by atoms with Gasteiger partial charge in [0.2, 0.25) is 0 Å². The molecule has 0 saturated carbocycles. The molecule has 0 aliphatic carbocycles. The Hall–Kier alpha value is -0.500. The van der Waals surface area contributed by atoms with E-state index in [2.05, 4.69) is 67.0 Å². The molecule has 0 spiro atoms. The molecule has 1 rings (SSSR count). The van der Waals surface area contributed by atoms with Gasteiger partial charge in [-0.1, -0.05) is 19.9 Å². The average molecular weight is 242 g/mol. The van der Waals surface area contributed by atoms with Crippen LogP contribution < -0.4 is 4.90 Å². The molecule has 13 heavy (non-hydrogen) atoms. The van der Waals surface area contributed by atoms with E-state index in [9.17, 15) is 0 Å². The van der Waals surface area contributed by atoms with Crippen LogP contribution in [-0.2, 0) is 0 Å². The van der Waals surface area contributed by atoms with Crippen LogP contribution in [0.15, 0.2) is 22.7 Å². The summed E-state index contributed by atoms with van der Waals surface area (Å²) in [5, 5.41) is 0. The minimum Gasteiger partial charge on any atom is -0.377 e. The maximum Gasteiger partial charge on any atom is 0.0508 e. The fourth-order valence-corrected chi connectivity index (χ4v) is 1.83. The van der Waals surface area contributed by atoms with Crippen LogP contribution in [-0.4, -0.2) is 14.1 Å². The fourth-order valence-electron chi connectivity index (χ4n) is 1.23. The Morgan fingerprint density at radius 1 is 1.23 bits per heavy atom. The van der Waals surface area contributed by atoms with Crippen LogP contribution in [0.25, 0.3) is 0 Å². The Bertz CT molecular complexity index is 292. The lowest BCUT2D eigenvalue weighted by Crippen LogP contribution is -2.09. The highest BCUT2D eigenvalue weighted by Gasteiger charge is 2.05. The Labute approximate surface area is 88.9 Å². The first-order chi connectivity index (χ1) is 6.02. The first kappa shape index (κ1) is 10.6. The zero-order valence-electron chi connectivity index (χ0n) is 8.63. The Morgan fingerprint density at radius 2 is 1.85 bits per heavy atom. The van der Waals surface area contributed by atoms with Crippen LogP contribution in [0.4, 0.5) is 5.69 Å². The molecule has 0 N–H and O–H groups in total. The molecule has 0 amide bonds. The van der Waals surface area contributed by atoms with E-state index in [-0.39, 0.29) is 0 Å². The third kappa shape index (κ3) is 2.47. The van der Waals surface area contributed by atoms with Crippen molar-refractivity contribution < 1.29 is 0 Å². The van der Waals surface area contributed by atoms with Gasteiger partial charge in [0, 0.05) is 18.6 Å². The van der Waals surface area contributed by atoms with Gasteiger partial charge in [-0.3, -0.25) is 0 Å². The van der Waals surface area contributed by atoms with Crippen molar-refractivity contribution in [1.29, 1.82) is 0 Å². The van der Waals surface area contributed by atoms with Crippen LogP contribution in [0, 0.1) is 0 Å². The summed E-state index contributed by atoms with van der Waals surface area (Å²) in [6, 6.07) is 6.52. The van der Waals surface area contributed by atoms with Crippen molar-refractivity contribution in [3.05, 3.63) is 28.2 Å². The third-order valence-corrected chi connectivity index (χ3v) is 2.79. The van der Waals surface area contributed by atoms with Gasteiger partial charge in [0.05, 0.1) is 5.69 Å². The number of hydrogen-bond donors (Lipinski definition) is 0. The second-order valence-electron chi connectivity index (χ2n) is 3.76. The lowest BCUT2D eigenvalue weighted by atomic mass is 10.0. The van der Waals surface area contributed by atoms with Crippen LogP contribution >= 0.6 is 15.9 Å². The Balaban J connectivity index is 3.11. The number of nitrogens with zero attached hydrogens (tertiary/aromatic N) is 1. The summed E-state index contributed by atoms with van der Waals surface area (Å²) in [6.45, 7) is 4.42. The molecular formula is C11H16BrN. The first-order valence-corrected chi connectivity index (χ1v) is 5.28. The maximum absolute atomic E-state index is 3.54. The largest absolute Gasteiger partial charge is 0.377 e. The minimum absolute atomic E-state index is 0.590. The number of halogens is 1. The van der Waals surface area contributed by atoms with Crippen LogP contribution in [0.3, 0.4) is 0 Å². The highest BCUT2D eigenvalue weighted by molar-refractivity contribution is 9.10. The molecule has 0 unspecified atom stereocenters. The first-order valence-electron chi connectivity index (χ1n) is 4.49. The van der Waals surface area contributed by atoms with Crippen molar-refractivity contribution in [3.63, 3.8) is 0 Å². The van der Waals surface area contributed by atoms with Crippen LogP contribution in [0.5, 0.6) is 0 Å². The predicted molar refractivity (Wildman–Crippen MR) is 62.6 cm³/mol. The summed E-state index contributed by atoms with van der Waals surface area (Å²) in [4.78, 5) is 2.12. The molecule has 1 aromatic carbocycles. The molecular weight excluding hydrogens is 226 g/mol. The van der Waals surface area contributed by atoms with E-state index in [0.717, 1.165) is 4.47 Å². The quantitative estimate of drug-likeness (QED) is 0.765. The molecule has 72 valence electrons. The summed E-state index contributed by atoms with van der Waals surface area (Å²) < 4.78 is 1.15. The van der Waals surface area contributed by atoms with Crippen molar-refractivity contribution in [2.24, 2.45) is 0 Å². The summed E-state index contributed by atoms with van der Waals surface area (Å²) in [5.74, 6) is 0.590. The minimum atomic E-state index is 0.590. The lowest BCUT2D eigenvalue weighted by molar-refractivity contribution is 0.865. The SMILES string of the molecule is CC(C)c1ccc(Br)c(N(C)C)c1. The van der Waals surface area contributed by atoms with Gasteiger partial charge in [0.25, 0.3) is 0 Å². The fraction of sp³-hybridized carbons (Fsp3) is 0.455. The second-order valence-corrected chi connectivity index (χ2v) is 4.61. The average Bonchev–Trinajstić information content (AvgIpc) is 2.04. The molecule has 0 bridgehead atoms. The maximum atomic E-state index is 3.54. The highest BCUT2D eigenvalue weighted by atomic mass is 79.9. The van der Waals surface area contributed by atoms with Crippen LogP contribution in [0.1, 0.15) is 25.3 Å². The van der Waals surface area contributed by atoms with E-state index in [1.807, 2.05) is 0 Å². The normalized spacial score (nSPS) is 10.6. The van der Waals surface area contributed by atoms with Crippen LogP contribution in [0.2, 0.25) is 0 Å². The summed E-state index contributed by atoms with van der Waals surface area (Å²) in [7, 11) is 4.12. The molecule has 1 aromatic rings. The smallest absolute Gasteiger partial charge is 0.0508 e. The van der Waals surface area contributed by atoms with Gasteiger partial charge >= 0.3 is 0 Å². The number of benzene rings is 1.